The molecular formula is C47H54N8O6. The molecule has 3 fully saturated rings. The second-order valence-electron chi connectivity index (χ2n) is 18.0. The van der Waals surface area contributed by atoms with Crippen LogP contribution in [0.5, 0.6) is 0 Å². The molecule has 0 radical (unpaired) electrons. The number of carbonyl (C=O) groups is 4. The van der Waals surface area contributed by atoms with Gasteiger partial charge >= 0.3 is 0 Å². The molecular weight excluding hydrogens is 773 g/mol. The van der Waals surface area contributed by atoms with Gasteiger partial charge in [-0.25, -0.2) is 0 Å². The third kappa shape index (κ3) is 9.86. The van der Waals surface area contributed by atoms with Crippen LogP contribution in [0.4, 0.5) is 0 Å². The number of aromatic nitrogens is 2. The van der Waals surface area contributed by atoms with E-state index in [1.54, 1.807) is 53.5 Å². The molecule has 2 aliphatic heterocycles. The van der Waals surface area contributed by atoms with Gasteiger partial charge in [0.25, 0.3) is 17.7 Å². The van der Waals surface area contributed by atoms with E-state index in [4.69, 9.17) is 14.3 Å². The van der Waals surface area contributed by atoms with Gasteiger partial charge in [0.1, 0.15) is 17.5 Å². The number of hydrogen-bond donors (Lipinski definition) is 2. The molecule has 0 spiro atoms. The maximum atomic E-state index is 14.2. The molecule has 2 aliphatic carbocycles. The summed E-state index contributed by atoms with van der Waals surface area (Å²) in [7, 11) is 0. The second-order valence-corrected chi connectivity index (χ2v) is 18.0. The molecule has 14 nitrogen and oxygen atoms in total. The Morgan fingerprint density at radius 3 is 2.36 bits per heavy atom. The second kappa shape index (κ2) is 18.5. The predicted octanol–water partition coefficient (Wildman–Crippen LogP) is 7.06. The van der Waals surface area contributed by atoms with Crippen molar-refractivity contribution in [2.45, 2.75) is 104 Å². The highest BCUT2D eigenvalue weighted by atomic mass is 16.5. The first-order valence-electron chi connectivity index (χ1n) is 21.5. The van der Waals surface area contributed by atoms with E-state index in [-0.39, 0.29) is 64.9 Å². The molecule has 1 saturated carbocycles. The molecule has 7 unspecified atom stereocenters. The minimum atomic E-state index is -0.670. The Labute approximate surface area is 356 Å². The number of nitrogens with one attached hydrogen (secondary N) is 2. The number of allylic oxidation sites excluding steroid dienone is 5. The fourth-order valence-electron chi connectivity index (χ4n) is 9.38. The van der Waals surface area contributed by atoms with Gasteiger partial charge in [0.15, 0.2) is 17.1 Å². The van der Waals surface area contributed by atoms with Gasteiger partial charge in [-0.1, -0.05) is 69.6 Å². The molecule has 14 heteroatoms. The summed E-state index contributed by atoms with van der Waals surface area (Å²) < 4.78 is 11.2. The maximum Gasteiger partial charge on any atom is 0.280 e. The molecule has 2 N–H and O–H groups in total. The average Bonchev–Trinajstić information content (AvgIpc) is 4.04. The lowest BCUT2D eigenvalue weighted by Gasteiger charge is -2.40. The predicted molar refractivity (Wildman–Crippen MR) is 225 cm³/mol. The fraction of sp³-hybridized carbons (Fsp3) is 0.489. The molecule has 7 rings (SSSR count). The van der Waals surface area contributed by atoms with Crippen molar-refractivity contribution in [1.29, 1.82) is 10.5 Å². The molecule has 4 amide bonds. The van der Waals surface area contributed by atoms with Crippen LogP contribution >= 0.6 is 0 Å². The van der Waals surface area contributed by atoms with Crippen LogP contribution in [0.25, 0.3) is 11.3 Å². The van der Waals surface area contributed by atoms with E-state index in [9.17, 15) is 24.4 Å². The van der Waals surface area contributed by atoms with E-state index in [0.717, 1.165) is 32.1 Å². The summed E-state index contributed by atoms with van der Waals surface area (Å²) in [5, 5.41) is 33.0. The van der Waals surface area contributed by atoms with Gasteiger partial charge in [-0.3, -0.25) is 19.2 Å². The van der Waals surface area contributed by atoms with Crippen LogP contribution in [0.2, 0.25) is 0 Å². The van der Waals surface area contributed by atoms with Crippen molar-refractivity contribution in [3.8, 4) is 23.5 Å². The summed E-state index contributed by atoms with van der Waals surface area (Å²) in [5.41, 5.74) is 2.31. The molecule has 318 valence electrons. The van der Waals surface area contributed by atoms with Crippen molar-refractivity contribution in [3.05, 3.63) is 94.7 Å². The number of benzene rings is 1. The normalized spacial score (nSPS) is 25.3. The molecule has 2 aromatic heterocycles. The zero-order valence-electron chi connectivity index (χ0n) is 35.5. The lowest BCUT2D eigenvalue weighted by molar-refractivity contribution is -0.130. The Bertz CT molecular complexity index is 2310. The highest BCUT2D eigenvalue weighted by molar-refractivity contribution is 6.03. The summed E-state index contributed by atoms with van der Waals surface area (Å²) in [6.45, 7) is 10.9. The molecule has 2 saturated heterocycles. The summed E-state index contributed by atoms with van der Waals surface area (Å²) in [6, 6.07) is 13.1. The van der Waals surface area contributed by atoms with Crippen LogP contribution in [-0.4, -0.2) is 75.0 Å². The number of hydrogen-bond acceptors (Lipinski definition) is 10. The number of amides is 4. The minimum Gasteiger partial charge on any atom is -0.360 e. The van der Waals surface area contributed by atoms with Gasteiger partial charge in [0.2, 0.25) is 5.91 Å². The van der Waals surface area contributed by atoms with E-state index >= 15 is 0 Å². The lowest BCUT2D eigenvalue weighted by Crippen LogP contribution is -2.62. The van der Waals surface area contributed by atoms with Crippen molar-refractivity contribution in [2.24, 2.45) is 29.6 Å². The van der Waals surface area contributed by atoms with Gasteiger partial charge < -0.3 is 29.5 Å². The molecule has 7 atom stereocenters. The zero-order valence-corrected chi connectivity index (χ0v) is 35.5. The van der Waals surface area contributed by atoms with Crippen LogP contribution in [0.3, 0.4) is 0 Å². The average molecular weight is 827 g/mol. The smallest absolute Gasteiger partial charge is 0.280 e. The van der Waals surface area contributed by atoms with Gasteiger partial charge in [0.05, 0.1) is 23.7 Å². The molecule has 4 aliphatic rings. The largest absolute Gasteiger partial charge is 0.360 e. The summed E-state index contributed by atoms with van der Waals surface area (Å²) >= 11 is 0. The Hall–Kier alpha value is -6.28. The standard InChI is InChI=1S/C47H54N8O6/c1-27(2)16-36-25-54(46(58)37-21-42(60-52-37)33-11-6-30(23-48)7-12-33)41(44(56)50-36)19-29(5)18-32-10-15-35(20-32)39-26-55(40(17-28(3)4)45(57)51-39)47(59)38-22-43(61-53-38)34-13-8-31(24-49)9-14-34/h6-9,11,13-14,17,21-22,27-29,32-33,35-36,39,41H,10,12,15-16,18-20,25-26H2,1-5H3,(H,50,56)(H,51,57). The van der Waals surface area contributed by atoms with E-state index in [0.29, 0.717) is 71.7 Å². The van der Waals surface area contributed by atoms with Crippen molar-refractivity contribution in [3.63, 3.8) is 0 Å². The topological polar surface area (TPSA) is 198 Å². The SMILES string of the molecule is CC(C)C=C1C(=O)NC(C2CCC(CC(C)CC3C(=O)NC(CC(C)C)CN3C(=O)c3cc(C4C=CC(C#N)=CC4)on3)C2)CN1C(=O)c1cc(-c2ccc(C#N)cc2)on1. The van der Waals surface area contributed by atoms with Crippen LogP contribution in [-0.2, 0) is 9.59 Å². The van der Waals surface area contributed by atoms with Crippen LogP contribution in [0, 0.1) is 52.3 Å². The van der Waals surface area contributed by atoms with E-state index in [2.05, 4.69) is 53.9 Å². The Morgan fingerprint density at radius 2 is 1.67 bits per heavy atom. The first kappa shape index (κ1) is 42.8. The van der Waals surface area contributed by atoms with Gasteiger partial charge in [-0.05, 0) is 98.5 Å². The van der Waals surface area contributed by atoms with Crippen LogP contribution in [0.15, 0.2) is 81.0 Å². The van der Waals surface area contributed by atoms with Crippen molar-refractivity contribution in [2.75, 3.05) is 13.1 Å². The molecule has 0 bridgehead atoms. The molecule has 3 aromatic rings. The highest BCUT2D eigenvalue weighted by Gasteiger charge is 2.43. The summed E-state index contributed by atoms with van der Waals surface area (Å²) in [5.74, 6) is 0.488. The quantitative estimate of drug-likeness (QED) is 0.178. The first-order chi connectivity index (χ1) is 29.3. The first-order valence-corrected chi connectivity index (χ1v) is 21.5. The van der Waals surface area contributed by atoms with Gasteiger partial charge in [0, 0.05) is 48.3 Å². The maximum absolute atomic E-state index is 14.2. The highest BCUT2D eigenvalue weighted by Crippen LogP contribution is 2.40. The fourth-order valence-corrected chi connectivity index (χ4v) is 9.38. The Kier molecular flexibility index (Phi) is 13.0. The lowest BCUT2D eigenvalue weighted by atomic mass is 9.86. The molecule has 4 heterocycles. The van der Waals surface area contributed by atoms with Crippen molar-refractivity contribution < 1.29 is 28.2 Å². The van der Waals surface area contributed by atoms with Crippen LogP contribution < -0.4 is 10.6 Å². The Morgan fingerprint density at radius 1 is 0.918 bits per heavy atom. The number of carbonyl (C=O) groups excluding carboxylic acids is 4. The number of nitrogens with zero attached hydrogens (tertiary/aromatic N) is 6. The summed E-state index contributed by atoms with van der Waals surface area (Å²) in [6.07, 6.45) is 12.6. The van der Waals surface area contributed by atoms with Crippen molar-refractivity contribution in [1.82, 2.24) is 30.7 Å². The molecule has 61 heavy (non-hydrogen) atoms. The van der Waals surface area contributed by atoms with E-state index in [1.807, 2.05) is 26.0 Å². The van der Waals surface area contributed by atoms with E-state index in [1.165, 1.54) is 4.90 Å². The third-order valence-corrected chi connectivity index (χ3v) is 12.3. The van der Waals surface area contributed by atoms with E-state index < -0.39 is 11.9 Å². The monoisotopic (exact) mass is 826 g/mol. The van der Waals surface area contributed by atoms with Crippen molar-refractivity contribution >= 4 is 23.6 Å². The number of piperazine rings is 2. The van der Waals surface area contributed by atoms with Crippen LogP contribution in [0.1, 0.15) is 118 Å². The van der Waals surface area contributed by atoms with Gasteiger partial charge in [-0.15, -0.1) is 0 Å². The zero-order chi connectivity index (χ0) is 43.4. The third-order valence-electron chi connectivity index (χ3n) is 12.3. The Balaban J connectivity index is 1.00. The number of nitriles is 2. The molecule has 1 aromatic carbocycles. The minimum absolute atomic E-state index is 0.0136. The summed E-state index contributed by atoms with van der Waals surface area (Å²) in [4.78, 5) is 58.9. The number of rotatable bonds is 12. The van der Waals surface area contributed by atoms with Gasteiger partial charge in [-0.2, -0.15) is 10.5 Å².